The van der Waals surface area contributed by atoms with Gasteiger partial charge in [-0.1, -0.05) is 12.1 Å². The molecule has 0 aliphatic rings. The van der Waals surface area contributed by atoms with Crippen molar-refractivity contribution in [3.63, 3.8) is 0 Å². The first kappa shape index (κ1) is 13.6. The highest BCUT2D eigenvalue weighted by atomic mass is 15.2. The minimum Gasteiger partial charge on any atom is -0.365 e. The van der Waals surface area contributed by atoms with E-state index < -0.39 is 0 Å². The number of aromatic nitrogens is 2. The summed E-state index contributed by atoms with van der Waals surface area (Å²) in [6, 6.07) is 8.61. The molecule has 2 N–H and O–H groups in total. The van der Waals surface area contributed by atoms with E-state index in [4.69, 9.17) is 5.73 Å². The van der Waals surface area contributed by atoms with Crippen LogP contribution in [-0.2, 0) is 6.54 Å². The quantitative estimate of drug-likeness (QED) is 0.895. The molecule has 0 amide bonds. The molecular formula is C15H22N4. The van der Waals surface area contributed by atoms with Crippen molar-refractivity contribution in [3.05, 3.63) is 48.0 Å². The second kappa shape index (κ2) is 5.89. The van der Waals surface area contributed by atoms with Crippen molar-refractivity contribution >= 4 is 5.69 Å². The summed E-state index contributed by atoms with van der Waals surface area (Å²) in [6.07, 6.45) is 3.77. The van der Waals surface area contributed by atoms with Crippen molar-refractivity contribution < 1.29 is 0 Å². The molecule has 2 aromatic rings. The zero-order valence-corrected chi connectivity index (χ0v) is 11.9. The van der Waals surface area contributed by atoms with Crippen molar-refractivity contribution in [1.82, 2.24) is 9.55 Å². The fourth-order valence-electron chi connectivity index (χ4n) is 2.38. The number of nitrogens with zero attached hydrogens (tertiary/aromatic N) is 3. The molecule has 0 aliphatic carbocycles. The van der Waals surface area contributed by atoms with Crippen molar-refractivity contribution in [1.29, 1.82) is 0 Å². The zero-order valence-electron chi connectivity index (χ0n) is 11.9. The van der Waals surface area contributed by atoms with Gasteiger partial charge in [0.2, 0.25) is 0 Å². The Balaban J connectivity index is 2.32. The summed E-state index contributed by atoms with van der Waals surface area (Å²) in [5.74, 6) is 0. The van der Waals surface area contributed by atoms with Gasteiger partial charge in [-0.15, -0.1) is 0 Å². The van der Waals surface area contributed by atoms with Gasteiger partial charge >= 0.3 is 0 Å². The molecule has 19 heavy (non-hydrogen) atoms. The van der Waals surface area contributed by atoms with Gasteiger partial charge in [0.05, 0.1) is 24.3 Å². The maximum absolute atomic E-state index is 5.98. The molecule has 0 aliphatic heterocycles. The summed E-state index contributed by atoms with van der Waals surface area (Å²) in [5, 5.41) is 0. The molecule has 0 saturated heterocycles. The third-order valence-corrected chi connectivity index (χ3v) is 3.53. The number of hydrogen-bond donors (Lipinski definition) is 1. The molecule has 1 aromatic carbocycles. The minimum absolute atomic E-state index is 0.143. The van der Waals surface area contributed by atoms with Gasteiger partial charge in [0.1, 0.15) is 0 Å². The molecule has 2 rings (SSSR count). The summed E-state index contributed by atoms with van der Waals surface area (Å²) < 4.78 is 2.14. The highest BCUT2D eigenvalue weighted by molar-refractivity contribution is 5.49. The number of imidazole rings is 1. The largest absolute Gasteiger partial charge is 0.365 e. The van der Waals surface area contributed by atoms with E-state index in [2.05, 4.69) is 59.6 Å². The predicted molar refractivity (Wildman–Crippen MR) is 79.3 cm³/mol. The number of rotatable bonds is 5. The molecule has 102 valence electrons. The molecule has 1 aromatic heterocycles. The molecule has 0 fully saturated rings. The first-order chi connectivity index (χ1) is 9.17. The molecular weight excluding hydrogens is 236 g/mol. The third-order valence-electron chi connectivity index (χ3n) is 3.53. The van der Waals surface area contributed by atoms with E-state index in [0.29, 0.717) is 6.54 Å². The average molecular weight is 258 g/mol. The first-order valence-corrected chi connectivity index (χ1v) is 6.67. The highest BCUT2D eigenvalue weighted by Gasteiger charge is 2.19. The summed E-state index contributed by atoms with van der Waals surface area (Å²) in [7, 11) is 2.08. The van der Waals surface area contributed by atoms with Crippen LogP contribution in [-0.4, -0.2) is 23.1 Å². The van der Waals surface area contributed by atoms with Crippen LogP contribution in [0.15, 0.2) is 36.8 Å². The SMILES string of the molecule is CCn1cncc1C(CN)N(C)c1cccc(C)c1. The van der Waals surface area contributed by atoms with Gasteiger partial charge < -0.3 is 15.2 Å². The van der Waals surface area contributed by atoms with Gasteiger partial charge in [-0.25, -0.2) is 4.98 Å². The number of benzene rings is 1. The van der Waals surface area contributed by atoms with E-state index in [1.165, 1.54) is 11.3 Å². The van der Waals surface area contributed by atoms with E-state index in [9.17, 15) is 0 Å². The van der Waals surface area contributed by atoms with Crippen molar-refractivity contribution in [2.24, 2.45) is 5.73 Å². The lowest BCUT2D eigenvalue weighted by atomic mass is 10.1. The molecule has 4 nitrogen and oxygen atoms in total. The van der Waals surface area contributed by atoms with Crippen LogP contribution in [0.2, 0.25) is 0 Å². The lowest BCUT2D eigenvalue weighted by Gasteiger charge is -2.29. The van der Waals surface area contributed by atoms with E-state index in [1.54, 1.807) is 0 Å². The average Bonchev–Trinajstić information content (AvgIpc) is 2.88. The Kier molecular flexibility index (Phi) is 4.22. The summed E-state index contributed by atoms with van der Waals surface area (Å²) >= 11 is 0. The fourth-order valence-corrected chi connectivity index (χ4v) is 2.38. The highest BCUT2D eigenvalue weighted by Crippen LogP contribution is 2.25. The second-order valence-electron chi connectivity index (χ2n) is 4.81. The smallest absolute Gasteiger partial charge is 0.0948 e. The third kappa shape index (κ3) is 2.79. The van der Waals surface area contributed by atoms with Crippen LogP contribution in [0.1, 0.15) is 24.2 Å². The maximum atomic E-state index is 5.98. The number of nitrogens with two attached hydrogens (primary N) is 1. The first-order valence-electron chi connectivity index (χ1n) is 6.67. The Bertz CT molecular complexity index is 532. The molecule has 0 spiro atoms. The Morgan fingerprint density at radius 1 is 1.42 bits per heavy atom. The van der Waals surface area contributed by atoms with Crippen LogP contribution in [0.3, 0.4) is 0 Å². The normalized spacial score (nSPS) is 12.4. The van der Waals surface area contributed by atoms with E-state index in [0.717, 1.165) is 12.2 Å². The van der Waals surface area contributed by atoms with Crippen LogP contribution in [0.25, 0.3) is 0 Å². The van der Waals surface area contributed by atoms with Gasteiger partial charge in [-0.2, -0.15) is 0 Å². The molecule has 0 radical (unpaired) electrons. The Labute approximate surface area is 114 Å². The van der Waals surface area contributed by atoms with E-state index in [-0.39, 0.29) is 6.04 Å². The van der Waals surface area contributed by atoms with Crippen molar-refractivity contribution in [2.75, 3.05) is 18.5 Å². The number of aryl methyl sites for hydroxylation is 2. The topological polar surface area (TPSA) is 47.1 Å². The maximum Gasteiger partial charge on any atom is 0.0948 e. The lowest BCUT2D eigenvalue weighted by Crippen LogP contribution is -2.32. The monoisotopic (exact) mass is 258 g/mol. The molecule has 1 unspecified atom stereocenters. The van der Waals surface area contributed by atoms with E-state index in [1.807, 2.05) is 12.5 Å². The molecule has 0 saturated carbocycles. The minimum atomic E-state index is 0.143. The fraction of sp³-hybridized carbons (Fsp3) is 0.400. The molecule has 1 heterocycles. The summed E-state index contributed by atoms with van der Waals surface area (Å²) in [6.45, 7) is 5.69. The molecule has 1 atom stereocenters. The summed E-state index contributed by atoms with van der Waals surface area (Å²) in [5.41, 5.74) is 9.58. The molecule has 0 bridgehead atoms. The van der Waals surface area contributed by atoms with Crippen LogP contribution < -0.4 is 10.6 Å². The van der Waals surface area contributed by atoms with Crippen LogP contribution >= 0.6 is 0 Å². The Morgan fingerprint density at radius 3 is 2.84 bits per heavy atom. The summed E-state index contributed by atoms with van der Waals surface area (Å²) in [4.78, 5) is 6.45. The van der Waals surface area contributed by atoms with Crippen LogP contribution in [0.5, 0.6) is 0 Å². The van der Waals surface area contributed by atoms with Gasteiger partial charge in [0, 0.05) is 25.8 Å². The van der Waals surface area contributed by atoms with Crippen molar-refractivity contribution in [2.45, 2.75) is 26.4 Å². The standard InChI is InChI=1S/C15H22N4/c1-4-19-11-17-10-15(19)14(9-16)18(3)13-7-5-6-12(2)8-13/h5-8,10-11,14H,4,9,16H2,1-3H3. The van der Waals surface area contributed by atoms with E-state index >= 15 is 0 Å². The molecule has 4 heteroatoms. The van der Waals surface area contributed by atoms with Crippen molar-refractivity contribution in [3.8, 4) is 0 Å². The lowest BCUT2D eigenvalue weighted by molar-refractivity contribution is 0.602. The second-order valence-corrected chi connectivity index (χ2v) is 4.81. The Morgan fingerprint density at radius 2 is 2.21 bits per heavy atom. The van der Waals surface area contributed by atoms with Crippen LogP contribution in [0.4, 0.5) is 5.69 Å². The number of likely N-dealkylation sites (N-methyl/N-ethyl adjacent to an activating group) is 1. The van der Waals surface area contributed by atoms with Gasteiger partial charge in [0.25, 0.3) is 0 Å². The zero-order chi connectivity index (χ0) is 13.8. The Hall–Kier alpha value is -1.81. The number of anilines is 1. The van der Waals surface area contributed by atoms with Crippen LogP contribution in [0, 0.1) is 6.92 Å². The van der Waals surface area contributed by atoms with Gasteiger partial charge in [0.15, 0.2) is 0 Å². The van der Waals surface area contributed by atoms with Gasteiger partial charge in [-0.05, 0) is 31.5 Å². The predicted octanol–water partition coefficient (Wildman–Crippen LogP) is 2.35. The van der Waals surface area contributed by atoms with Gasteiger partial charge in [-0.3, -0.25) is 0 Å². The number of hydrogen-bond acceptors (Lipinski definition) is 3.